The van der Waals surface area contributed by atoms with Crippen LogP contribution < -0.4 is 0 Å². The van der Waals surface area contributed by atoms with Crippen LogP contribution in [0.5, 0.6) is 0 Å². The van der Waals surface area contributed by atoms with Crippen LogP contribution in [0.4, 0.5) is 13.2 Å². The Kier molecular flexibility index (Phi) is 7.88. The summed E-state index contributed by atoms with van der Waals surface area (Å²) < 4.78 is 42.2. The van der Waals surface area contributed by atoms with Gasteiger partial charge in [0, 0.05) is 29.4 Å². The van der Waals surface area contributed by atoms with Crippen molar-refractivity contribution in [1.82, 2.24) is 25.2 Å². The molecule has 0 saturated heterocycles. The van der Waals surface area contributed by atoms with Gasteiger partial charge < -0.3 is 14.9 Å². The maximum atomic E-state index is 12.1. The zero-order chi connectivity index (χ0) is 23.0. The summed E-state index contributed by atoms with van der Waals surface area (Å²) in [5.74, 6) is 5.91. The molecule has 0 amide bonds. The Morgan fingerprint density at radius 3 is 2.38 bits per heavy atom. The Labute approximate surface area is 181 Å². The molecule has 2 aromatic heterocycles. The van der Waals surface area contributed by atoms with Crippen molar-refractivity contribution >= 4 is 0 Å². The Balaban J connectivity index is 1.51. The monoisotopic (exact) mass is 447 g/mol. The summed E-state index contributed by atoms with van der Waals surface area (Å²) in [5.41, 5.74) is 2.47. The number of nitrogens with zero attached hydrogens (tertiary/aromatic N) is 5. The second kappa shape index (κ2) is 10.8. The lowest BCUT2D eigenvalue weighted by molar-refractivity contribution is -0.179. The van der Waals surface area contributed by atoms with Crippen LogP contribution in [-0.2, 0) is 17.7 Å². The zero-order valence-electron chi connectivity index (χ0n) is 16.8. The summed E-state index contributed by atoms with van der Waals surface area (Å²) in [6, 6.07) is 10.0. The molecule has 3 aromatic rings. The average molecular weight is 447 g/mol. The van der Waals surface area contributed by atoms with E-state index in [2.05, 4.69) is 37.1 Å². The molecular formula is C21H20F3N5O3. The summed E-state index contributed by atoms with van der Waals surface area (Å²) in [6.45, 7) is -1.60. The predicted octanol–water partition coefficient (Wildman–Crippen LogP) is 1.68. The second-order valence-corrected chi connectivity index (χ2v) is 6.95. The number of tetrazole rings is 1. The quantitative estimate of drug-likeness (QED) is 0.506. The lowest BCUT2D eigenvalue weighted by Crippen LogP contribution is -2.19. The highest BCUT2D eigenvalue weighted by Crippen LogP contribution is 2.18. The van der Waals surface area contributed by atoms with Crippen LogP contribution in [0.15, 0.2) is 48.9 Å². The van der Waals surface area contributed by atoms with Gasteiger partial charge in [0.2, 0.25) is 0 Å². The van der Waals surface area contributed by atoms with Crippen molar-refractivity contribution in [3.05, 3.63) is 71.3 Å². The second-order valence-electron chi connectivity index (χ2n) is 6.95. The highest BCUT2D eigenvalue weighted by atomic mass is 19.4. The number of aliphatic hydroxyl groups excluding tert-OH is 2. The number of hydrogen-bond donors (Lipinski definition) is 2. The smallest absolute Gasteiger partial charge is 0.391 e. The van der Waals surface area contributed by atoms with Crippen LogP contribution in [0, 0.1) is 11.8 Å². The summed E-state index contributed by atoms with van der Waals surface area (Å²) in [4.78, 5) is 4.29. The molecule has 0 fully saturated rings. The Morgan fingerprint density at radius 1 is 1.03 bits per heavy atom. The molecule has 1 aromatic carbocycles. The number of alkyl halides is 3. The predicted molar refractivity (Wildman–Crippen MR) is 106 cm³/mol. The number of benzene rings is 1. The molecule has 168 valence electrons. The Morgan fingerprint density at radius 2 is 1.75 bits per heavy atom. The molecule has 2 heterocycles. The van der Waals surface area contributed by atoms with E-state index in [1.54, 1.807) is 42.6 Å². The van der Waals surface area contributed by atoms with Gasteiger partial charge in [-0.2, -0.15) is 13.2 Å². The van der Waals surface area contributed by atoms with Crippen molar-refractivity contribution in [3.63, 3.8) is 0 Å². The highest BCUT2D eigenvalue weighted by Gasteiger charge is 2.27. The lowest BCUT2D eigenvalue weighted by atomic mass is 10.1. The maximum Gasteiger partial charge on any atom is 0.411 e. The normalized spacial score (nSPS) is 13.3. The molecule has 0 saturated carbocycles. The molecule has 8 nitrogen and oxygen atoms in total. The molecule has 11 heteroatoms. The molecule has 0 spiro atoms. The van der Waals surface area contributed by atoms with E-state index in [1.807, 2.05) is 0 Å². The van der Waals surface area contributed by atoms with Crippen LogP contribution in [-0.4, -0.2) is 60.9 Å². The first-order chi connectivity index (χ1) is 15.3. The van der Waals surface area contributed by atoms with E-state index in [-0.39, 0.29) is 6.54 Å². The highest BCUT2D eigenvalue weighted by molar-refractivity contribution is 5.43. The van der Waals surface area contributed by atoms with Crippen molar-refractivity contribution in [2.75, 3.05) is 13.2 Å². The van der Waals surface area contributed by atoms with Crippen molar-refractivity contribution in [1.29, 1.82) is 0 Å². The lowest BCUT2D eigenvalue weighted by Gasteiger charge is -2.13. The van der Waals surface area contributed by atoms with Crippen molar-refractivity contribution in [2.45, 2.75) is 31.3 Å². The van der Waals surface area contributed by atoms with Crippen LogP contribution >= 0.6 is 0 Å². The average Bonchev–Trinajstić information content (AvgIpc) is 3.25. The molecule has 2 N–H and O–H groups in total. The third kappa shape index (κ3) is 7.73. The first-order valence-corrected chi connectivity index (χ1v) is 9.57. The maximum absolute atomic E-state index is 12.1. The van der Waals surface area contributed by atoms with Gasteiger partial charge in [-0.1, -0.05) is 24.0 Å². The summed E-state index contributed by atoms with van der Waals surface area (Å²) in [5, 5.41) is 30.7. The minimum absolute atomic E-state index is 0.259. The fraction of sp³-hybridized carbons (Fsp3) is 0.333. The summed E-state index contributed by atoms with van der Waals surface area (Å²) >= 11 is 0. The van der Waals surface area contributed by atoms with Crippen LogP contribution in [0.3, 0.4) is 0 Å². The minimum Gasteiger partial charge on any atom is -0.391 e. The molecule has 2 unspecified atom stereocenters. The van der Waals surface area contributed by atoms with Gasteiger partial charge in [0.05, 0.1) is 19.3 Å². The van der Waals surface area contributed by atoms with Gasteiger partial charge in [0.15, 0.2) is 0 Å². The number of halogens is 3. The van der Waals surface area contributed by atoms with E-state index < -0.39 is 31.6 Å². The number of pyridine rings is 1. The van der Waals surface area contributed by atoms with Crippen molar-refractivity contribution in [2.24, 2.45) is 0 Å². The first kappa shape index (κ1) is 23.3. The molecule has 0 aliphatic carbocycles. The summed E-state index contributed by atoms with van der Waals surface area (Å²) in [6.07, 6.45) is -2.92. The Hall–Kier alpha value is -3.33. The molecule has 0 aliphatic heterocycles. The third-order valence-corrected chi connectivity index (χ3v) is 4.25. The molecule has 0 radical (unpaired) electrons. The number of hydrogen-bond acceptors (Lipinski definition) is 7. The van der Waals surface area contributed by atoms with E-state index in [0.29, 0.717) is 28.8 Å². The van der Waals surface area contributed by atoms with Crippen molar-refractivity contribution < 1.29 is 28.1 Å². The van der Waals surface area contributed by atoms with Gasteiger partial charge in [0.25, 0.3) is 0 Å². The molecular weight excluding hydrogens is 427 g/mol. The zero-order valence-corrected chi connectivity index (χ0v) is 16.8. The van der Waals surface area contributed by atoms with Crippen LogP contribution in [0.2, 0.25) is 0 Å². The fourth-order valence-electron chi connectivity index (χ4n) is 2.72. The van der Waals surface area contributed by atoms with Gasteiger partial charge >= 0.3 is 6.18 Å². The minimum atomic E-state index is -4.43. The largest absolute Gasteiger partial charge is 0.411 e. The van der Waals surface area contributed by atoms with E-state index in [1.165, 1.54) is 11.0 Å². The van der Waals surface area contributed by atoms with Crippen LogP contribution in [0.1, 0.15) is 28.5 Å². The Bertz CT molecular complexity index is 1030. The van der Waals surface area contributed by atoms with Gasteiger partial charge in [0.1, 0.15) is 19.0 Å². The third-order valence-electron chi connectivity index (χ3n) is 4.25. The molecule has 0 bridgehead atoms. The SMILES string of the molecule is OC(Cc1ccc(C#Cc2ccc(C(O)COCC(F)(F)F)cc2)cn1)Cn1cnnn1. The number of rotatable bonds is 8. The van der Waals surface area contributed by atoms with Gasteiger partial charge in [-0.3, -0.25) is 4.98 Å². The topological polar surface area (TPSA) is 106 Å². The number of aliphatic hydroxyl groups is 2. The summed E-state index contributed by atoms with van der Waals surface area (Å²) in [7, 11) is 0. The van der Waals surface area contributed by atoms with E-state index >= 15 is 0 Å². The van der Waals surface area contributed by atoms with Gasteiger partial charge in [-0.15, -0.1) is 5.10 Å². The van der Waals surface area contributed by atoms with Gasteiger partial charge in [-0.05, 0) is 40.3 Å². The molecule has 2 atom stereocenters. The molecule has 3 rings (SSSR count). The standard InChI is InChI=1S/C21H20F3N5O3/c22-21(23,24)13-32-12-20(31)17-6-3-15(4-7-17)1-2-16-5-8-18(25-10-16)9-19(30)11-29-14-26-27-28-29/h3-8,10,14,19-20,30-31H,9,11-13H2. The van der Waals surface area contributed by atoms with E-state index in [9.17, 15) is 23.4 Å². The fourth-order valence-corrected chi connectivity index (χ4v) is 2.72. The van der Waals surface area contributed by atoms with E-state index in [4.69, 9.17) is 0 Å². The van der Waals surface area contributed by atoms with Crippen LogP contribution in [0.25, 0.3) is 0 Å². The number of aromatic nitrogens is 5. The first-order valence-electron chi connectivity index (χ1n) is 9.57. The van der Waals surface area contributed by atoms with Gasteiger partial charge in [-0.25, -0.2) is 4.68 Å². The number of ether oxygens (including phenoxy) is 1. The molecule has 0 aliphatic rings. The van der Waals surface area contributed by atoms with Crippen molar-refractivity contribution in [3.8, 4) is 11.8 Å². The molecule has 32 heavy (non-hydrogen) atoms. The van der Waals surface area contributed by atoms with E-state index in [0.717, 1.165) is 0 Å².